The van der Waals surface area contributed by atoms with Crippen molar-refractivity contribution in [1.82, 2.24) is 19.4 Å². The summed E-state index contributed by atoms with van der Waals surface area (Å²) in [5.41, 5.74) is 4.17. The molecule has 1 amide bonds. The largest absolute Gasteiger partial charge is 0.494 e. The van der Waals surface area contributed by atoms with Gasteiger partial charge >= 0.3 is 0 Å². The van der Waals surface area contributed by atoms with Gasteiger partial charge in [0, 0.05) is 36.9 Å². The molecule has 0 aliphatic rings. The van der Waals surface area contributed by atoms with Crippen LogP contribution in [0.2, 0.25) is 0 Å². The molecule has 0 fully saturated rings. The third-order valence-electron chi connectivity index (χ3n) is 5.70. The van der Waals surface area contributed by atoms with E-state index in [4.69, 9.17) is 9.72 Å². The van der Waals surface area contributed by atoms with E-state index in [9.17, 15) is 4.79 Å². The molecule has 0 radical (unpaired) electrons. The lowest BCUT2D eigenvalue weighted by atomic mass is 10.2. The Balaban J connectivity index is 1.68. The highest BCUT2D eigenvalue weighted by molar-refractivity contribution is 6.02. The second-order valence-electron chi connectivity index (χ2n) is 8.58. The first-order chi connectivity index (χ1) is 17.4. The highest BCUT2D eigenvalue weighted by atomic mass is 16.5. The number of nitrogens with zero attached hydrogens (tertiary/aromatic N) is 4. The zero-order valence-corrected chi connectivity index (χ0v) is 21.0. The first-order valence-corrected chi connectivity index (χ1v) is 11.6. The number of methoxy groups -OCH3 is 1. The van der Waals surface area contributed by atoms with Gasteiger partial charge in [-0.1, -0.05) is 24.8 Å². The zero-order valence-electron chi connectivity index (χ0n) is 21.0. The van der Waals surface area contributed by atoms with Crippen LogP contribution in [0.1, 0.15) is 5.56 Å². The number of nitrogens with one attached hydrogen (secondary N) is 3. The molecule has 0 spiro atoms. The van der Waals surface area contributed by atoms with Crippen LogP contribution in [0.3, 0.4) is 0 Å². The van der Waals surface area contributed by atoms with Gasteiger partial charge in [-0.2, -0.15) is 4.98 Å². The van der Waals surface area contributed by atoms with Gasteiger partial charge in [0.05, 0.1) is 29.7 Å². The minimum atomic E-state index is -0.310. The molecule has 3 N–H and O–H groups in total. The van der Waals surface area contributed by atoms with E-state index in [1.807, 2.05) is 42.9 Å². The standard InChI is InChI=1S/C27H31N7O2/c1-6-26(35)30-21-15-22(24(36-5)16-20(21)28-13-14-33(3)4)31-27-29-12-11-25(32-27)34-17-18(2)19-9-7-8-10-23(19)34/h6-12,15-17,28H,1,13-14H2,2-5H3,(H,30,35)(H,29,31,32). The van der Waals surface area contributed by atoms with E-state index in [0.717, 1.165) is 23.6 Å². The summed E-state index contributed by atoms with van der Waals surface area (Å²) < 4.78 is 7.69. The first-order valence-electron chi connectivity index (χ1n) is 11.6. The monoisotopic (exact) mass is 485 g/mol. The Morgan fingerprint density at radius 2 is 1.97 bits per heavy atom. The second-order valence-corrected chi connectivity index (χ2v) is 8.58. The summed E-state index contributed by atoms with van der Waals surface area (Å²) in [6.45, 7) is 7.15. The Kier molecular flexibility index (Phi) is 7.50. The van der Waals surface area contributed by atoms with Gasteiger partial charge < -0.3 is 30.2 Å². The number of hydrogen-bond acceptors (Lipinski definition) is 7. The summed E-state index contributed by atoms with van der Waals surface area (Å²) in [6, 6.07) is 13.7. The lowest BCUT2D eigenvalue weighted by molar-refractivity contribution is -0.111. The van der Waals surface area contributed by atoms with Crippen LogP contribution < -0.4 is 20.7 Å². The van der Waals surface area contributed by atoms with Crippen molar-refractivity contribution in [2.75, 3.05) is 50.2 Å². The smallest absolute Gasteiger partial charge is 0.247 e. The SMILES string of the molecule is C=CC(=O)Nc1cc(Nc2nccc(-n3cc(C)c4ccccc43)n2)c(OC)cc1NCCN(C)C. The lowest BCUT2D eigenvalue weighted by Gasteiger charge is -2.19. The first kappa shape index (κ1) is 24.7. The Labute approximate surface area is 210 Å². The number of fused-ring (bicyclic) bond motifs is 1. The summed E-state index contributed by atoms with van der Waals surface area (Å²) in [5, 5.41) is 10.6. The van der Waals surface area contributed by atoms with E-state index in [-0.39, 0.29) is 5.91 Å². The average molecular weight is 486 g/mol. The van der Waals surface area contributed by atoms with E-state index in [1.165, 1.54) is 17.0 Å². The van der Waals surface area contributed by atoms with E-state index in [2.05, 4.69) is 57.7 Å². The van der Waals surface area contributed by atoms with E-state index < -0.39 is 0 Å². The minimum Gasteiger partial charge on any atom is -0.494 e. The van der Waals surface area contributed by atoms with Gasteiger partial charge in [-0.3, -0.25) is 4.79 Å². The molecule has 2 heterocycles. The van der Waals surface area contributed by atoms with Gasteiger partial charge in [0.15, 0.2) is 0 Å². The molecule has 36 heavy (non-hydrogen) atoms. The molecule has 0 unspecified atom stereocenters. The zero-order chi connectivity index (χ0) is 25.7. The fourth-order valence-corrected chi connectivity index (χ4v) is 3.90. The topological polar surface area (TPSA) is 96.3 Å². The third-order valence-corrected chi connectivity index (χ3v) is 5.70. The number of aromatic nitrogens is 3. The van der Waals surface area contributed by atoms with Crippen LogP contribution in [0.5, 0.6) is 5.75 Å². The molecule has 186 valence electrons. The van der Waals surface area contributed by atoms with E-state index in [1.54, 1.807) is 19.4 Å². The summed E-state index contributed by atoms with van der Waals surface area (Å²) >= 11 is 0. The van der Waals surface area contributed by atoms with Crippen LogP contribution in [0, 0.1) is 6.92 Å². The predicted octanol–water partition coefficient (Wildman–Crippen LogP) is 4.58. The minimum absolute atomic E-state index is 0.310. The number of rotatable bonds is 10. The molecule has 0 aliphatic heterocycles. The number of likely N-dealkylation sites (N-methyl/N-ethyl adjacent to an activating group) is 1. The molecule has 4 rings (SSSR count). The van der Waals surface area contributed by atoms with Crippen molar-refractivity contribution in [3.05, 3.63) is 73.1 Å². The quantitative estimate of drug-likeness (QED) is 0.283. The number of carbonyl (C=O) groups is 1. The normalized spacial score (nSPS) is 10.9. The van der Waals surface area contributed by atoms with Crippen molar-refractivity contribution in [3.8, 4) is 11.6 Å². The Bertz CT molecular complexity index is 1390. The molecular formula is C27H31N7O2. The van der Waals surface area contributed by atoms with Gasteiger partial charge in [-0.15, -0.1) is 0 Å². The maximum atomic E-state index is 12.1. The summed E-state index contributed by atoms with van der Waals surface area (Å²) in [7, 11) is 5.60. The summed E-state index contributed by atoms with van der Waals surface area (Å²) in [5.74, 6) is 1.40. The highest BCUT2D eigenvalue weighted by Crippen LogP contribution is 2.36. The highest BCUT2D eigenvalue weighted by Gasteiger charge is 2.15. The number of carbonyl (C=O) groups excluding carboxylic acids is 1. The van der Waals surface area contributed by atoms with Crippen molar-refractivity contribution in [3.63, 3.8) is 0 Å². The number of aryl methyl sites for hydroxylation is 1. The van der Waals surface area contributed by atoms with Crippen LogP contribution in [0.15, 0.2) is 67.5 Å². The molecule has 0 saturated heterocycles. The summed E-state index contributed by atoms with van der Waals surface area (Å²) in [4.78, 5) is 23.3. The summed E-state index contributed by atoms with van der Waals surface area (Å²) in [6.07, 6.45) is 5.00. The Morgan fingerprint density at radius 3 is 2.72 bits per heavy atom. The number of hydrogen-bond donors (Lipinski definition) is 3. The van der Waals surface area contributed by atoms with Crippen molar-refractivity contribution in [2.24, 2.45) is 0 Å². The van der Waals surface area contributed by atoms with Crippen molar-refractivity contribution in [2.45, 2.75) is 6.92 Å². The number of para-hydroxylation sites is 1. The lowest BCUT2D eigenvalue weighted by Crippen LogP contribution is -2.21. The fourth-order valence-electron chi connectivity index (χ4n) is 3.90. The second kappa shape index (κ2) is 10.9. The van der Waals surface area contributed by atoms with Gasteiger partial charge in [0.2, 0.25) is 11.9 Å². The maximum absolute atomic E-state index is 12.1. The van der Waals surface area contributed by atoms with Crippen LogP contribution in [0.4, 0.5) is 23.0 Å². The van der Waals surface area contributed by atoms with Gasteiger partial charge in [-0.05, 0) is 50.9 Å². The fraction of sp³-hybridized carbons (Fsp3) is 0.222. The van der Waals surface area contributed by atoms with Crippen molar-refractivity contribution >= 4 is 39.8 Å². The molecule has 0 aliphatic carbocycles. The molecule has 9 nitrogen and oxygen atoms in total. The molecule has 2 aromatic heterocycles. The van der Waals surface area contributed by atoms with Crippen molar-refractivity contribution < 1.29 is 9.53 Å². The predicted molar refractivity (Wildman–Crippen MR) is 146 cm³/mol. The van der Waals surface area contributed by atoms with Crippen LogP contribution in [-0.4, -0.2) is 59.6 Å². The van der Waals surface area contributed by atoms with Crippen LogP contribution >= 0.6 is 0 Å². The van der Waals surface area contributed by atoms with Crippen LogP contribution in [-0.2, 0) is 4.79 Å². The number of ether oxygens (including phenoxy) is 1. The molecule has 0 bridgehead atoms. The van der Waals surface area contributed by atoms with E-state index >= 15 is 0 Å². The molecular weight excluding hydrogens is 454 g/mol. The molecule has 9 heteroatoms. The molecule has 0 saturated carbocycles. The number of anilines is 4. The van der Waals surface area contributed by atoms with Gasteiger partial charge in [0.25, 0.3) is 0 Å². The van der Waals surface area contributed by atoms with Crippen LogP contribution in [0.25, 0.3) is 16.7 Å². The Hall–Kier alpha value is -4.37. The number of amides is 1. The van der Waals surface area contributed by atoms with Gasteiger partial charge in [0.1, 0.15) is 11.6 Å². The maximum Gasteiger partial charge on any atom is 0.247 e. The molecule has 4 aromatic rings. The third kappa shape index (κ3) is 5.47. The van der Waals surface area contributed by atoms with Crippen molar-refractivity contribution in [1.29, 1.82) is 0 Å². The Morgan fingerprint density at radius 1 is 1.17 bits per heavy atom. The average Bonchev–Trinajstić information content (AvgIpc) is 3.21. The number of benzene rings is 2. The molecule has 0 atom stereocenters. The van der Waals surface area contributed by atoms with Gasteiger partial charge in [-0.25, -0.2) is 4.98 Å². The van der Waals surface area contributed by atoms with E-state index in [0.29, 0.717) is 29.6 Å². The molecule has 2 aromatic carbocycles.